The smallest absolute Gasteiger partial charge is 0.140 e. The highest BCUT2D eigenvalue weighted by atomic mass is 16.5. The molecule has 1 aliphatic heterocycles. The minimum Gasteiger partial charge on any atom is -0.385 e. The van der Waals surface area contributed by atoms with Crippen molar-refractivity contribution < 1.29 is 9.63 Å². The van der Waals surface area contributed by atoms with Crippen LogP contribution < -0.4 is 0 Å². The second kappa shape index (κ2) is 6.90. The van der Waals surface area contributed by atoms with E-state index in [2.05, 4.69) is 21.2 Å². The van der Waals surface area contributed by atoms with Crippen molar-refractivity contribution in [3.8, 4) is 0 Å². The Kier molecular flexibility index (Phi) is 4.62. The van der Waals surface area contributed by atoms with Crippen LogP contribution in [0.4, 0.5) is 0 Å². The predicted octanol–water partition coefficient (Wildman–Crippen LogP) is 1.75. The third kappa shape index (κ3) is 3.94. The second-order valence-electron chi connectivity index (χ2n) is 7.62. The van der Waals surface area contributed by atoms with Crippen molar-refractivity contribution in [2.45, 2.75) is 50.9 Å². The van der Waals surface area contributed by atoms with E-state index in [-0.39, 0.29) is 0 Å². The van der Waals surface area contributed by atoms with Gasteiger partial charge in [-0.15, -0.1) is 0 Å². The minimum absolute atomic E-state index is 0.542. The zero-order valence-corrected chi connectivity index (χ0v) is 15.1. The Morgan fingerprint density at radius 2 is 2.16 bits per heavy atom. The fraction of sp³-hybridized carbons (Fsp3) is 0.667. The molecule has 2 aliphatic rings. The van der Waals surface area contributed by atoms with Crippen molar-refractivity contribution >= 4 is 0 Å². The summed E-state index contributed by atoms with van der Waals surface area (Å²) < 4.78 is 7.52. The molecule has 2 aromatic rings. The monoisotopic (exact) mass is 345 g/mol. The zero-order chi connectivity index (χ0) is 17.4. The van der Waals surface area contributed by atoms with Gasteiger partial charge in [-0.05, 0) is 39.4 Å². The Morgan fingerprint density at radius 3 is 2.92 bits per heavy atom. The van der Waals surface area contributed by atoms with E-state index in [1.807, 2.05) is 29.7 Å². The number of fused-ring (bicyclic) bond motifs is 1. The predicted molar refractivity (Wildman–Crippen MR) is 92.9 cm³/mol. The quantitative estimate of drug-likeness (QED) is 0.860. The van der Waals surface area contributed by atoms with E-state index in [1.54, 1.807) is 0 Å². The van der Waals surface area contributed by atoms with Crippen LogP contribution in [-0.2, 0) is 19.6 Å². The number of hydrogen-bond donors (Lipinski definition) is 1. The van der Waals surface area contributed by atoms with Gasteiger partial charge in [0.05, 0.1) is 17.1 Å². The zero-order valence-electron chi connectivity index (χ0n) is 15.1. The molecule has 1 unspecified atom stereocenters. The highest BCUT2D eigenvalue weighted by molar-refractivity contribution is 5.16. The molecule has 7 nitrogen and oxygen atoms in total. The number of aryl methyl sites for hydroxylation is 1. The topological polar surface area (TPSA) is 70.6 Å². The summed E-state index contributed by atoms with van der Waals surface area (Å²) in [7, 11) is 3.92. The Bertz CT molecular complexity index is 719. The largest absolute Gasteiger partial charge is 0.385 e. The maximum absolute atomic E-state index is 10.3. The number of aliphatic hydroxyl groups excluding tert-OH is 1. The Labute approximate surface area is 148 Å². The summed E-state index contributed by atoms with van der Waals surface area (Å²) in [5, 5.41) is 19.2. The standard InChI is InChI=1S/C18H27N5O2/c1-21(2)12-17(24)16-9-15-11-22(6-3-7-23(15)19-16)10-14-8-18(25-20-14)13-4-5-13/h8-9,13,17,24H,3-7,10-12H2,1-2H3. The summed E-state index contributed by atoms with van der Waals surface area (Å²) in [4.78, 5) is 4.36. The summed E-state index contributed by atoms with van der Waals surface area (Å²) in [5.74, 6) is 1.65. The van der Waals surface area contributed by atoms with E-state index < -0.39 is 6.10 Å². The van der Waals surface area contributed by atoms with Crippen LogP contribution in [0.3, 0.4) is 0 Å². The molecular formula is C18H27N5O2. The molecule has 25 heavy (non-hydrogen) atoms. The van der Waals surface area contributed by atoms with Crippen LogP contribution >= 0.6 is 0 Å². The first kappa shape index (κ1) is 16.8. The van der Waals surface area contributed by atoms with E-state index in [0.717, 1.165) is 55.4 Å². The van der Waals surface area contributed by atoms with Gasteiger partial charge in [0, 0.05) is 44.7 Å². The lowest BCUT2D eigenvalue weighted by atomic mass is 10.2. The number of aromatic nitrogens is 3. The van der Waals surface area contributed by atoms with Crippen molar-refractivity contribution in [2.24, 2.45) is 0 Å². The third-order valence-electron chi connectivity index (χ3n) is 4.93. The molecule has 0 radical (unpaired) electrons. The van der Waals surface area contributed by atoms with Crippen molar-refractivity contribution in [3.05, 3.63) is 35.0 Å². The maximum atomic E-state index is 10.3. The number of likely N-dealkylation sites (N-methyl/N-ethyl adjacent to an activating group) is 1. The molecule has 1 atom stereocenters. The molecule has 1 saturated carbocycles. The molecular weight excluding hydrogens is 318 g/mol. The Morgan fingerprint density at radius 1 is 1.32 bits per heavy atom. The fourth-order valence-electron chi connectivity index (χ4n) is 3.48. The summed E-state index contributed by atoms with van der Waals surface area (Å²) in [6, 6.07) is 4.16. The molecule has 2 aromatic heterocycles. The summed E-state index contributed by atoms with van der Waals surface area (Å²) in [5.41, 5.74) is 2.95. The fourth-order valence-corrected chi connectivity index (χ4v) is 3.48. The molecule has 1 N–H and O–H groups in total. The highest BCUT2D eigenvalue weighted by Crippen LogP contribution is 2.40. The summed E-state index contributed by atoms with van der Waals surface area (Å²) in [6.07, 6.45) is 2.97. The van der Waals surface area contributed by atoms with Crippen molar-refractivity contribution in [1.82, 2.24) is 24.7 Å². The van der Waals surface area contributed by atoms with Gasteiger partial charge < -0.3 is 14.5 Å². The van der Waals surface area contributed by atoms with Gasteiger partial charge in [0.15, 0.2) is 0 Å². The molecule has 1 fully saturated rings. The molecule has 4 rings (SSSR count). The summed E-state index contributed by atoms with van der Waals surface area (Å²) in [6.45, 7) is 4.13. The van der Waals surface area contributed by atoms with Gasteiger partial charge in [0.2, 0.25) is 0 Å². The molecule has 3 heterocycles. The lowest BCUT2D eigenvalue weighted by Crippen LogP contribution is -2.23. The van der Waals surface area contributed by atoms with E-state index >= 15 is 0 Å². The minimum atomic E-state index is -0.542. The van der Waals surface area contributed by atoms with E-state index in [4.69, 9.17) is 4.52 Å². The van der Waals surface area contributed by atoms with Gasteiger partial charge in [0.25, 0.3) is 0 Å². The molecule has 136 valence electrons. The van der Waals surface area contributed by atoms with E-state index in [0.29, 0.717) is 12.5 Å². The summed E-state index contributed by atoms with van der Waals surface area (Å²) >= 11 is 0. The van der Waals surface area contributed by atoms with Crippen molar-refractivity contribution in [3.63, 3.8) is 0 Å². The molecule has 0 aromatic carbocycles. The molecule has 7 heteroatoms. The highest BCUT2D eigenvalue weighted by Gasteiger charge is 2.28. The van der Waals surface area contributed by atoms with Crippen LogP contribution in [-0.4, -0.2) is 57.0 Å². The van der Waals surface area contributed by atoms with Gasteiger partial charge in [0.1, 0.15) is 11.9 Å². The van der Waals surface area contributed by atoms with Crippen LogP contribution in [0.5, 0.6) is 0 Å². The first-order valence-corrected chi connectivity index (χ1v) is 9.16. The SMILES string of the molecule is CN(C)CC(O)c1cc2n(n1)CCCN(Cc1cc(C3CC3)on1)C2. The van der Waals surface area contributed by atoms with Gasteiger partial charge in [-0.1, -0.05) is 5.16 Å². The average Bonchev–Trinajstić information content (AvgIpc) is 3.23. The molecule has 1 aliphatic carbocycles. The molecule has 0 amide bonds. The number of rotatable bonds is 6. The van der Waals surface area contributed by atoms with Crippen molar-refractivity contribution in [2.75, 3.05) is 27.2 Å². The van der Waals surface area contributed by atoms with E-state index in [1.165, 1.54) is 12.8 Å². The Hall–Kier alpha value is -1.70. The number of nitrogens with zero attached hydrogens (tertiary/aromatic N) is 5. The Balaban J connectivity index is 1.43. The van der Waals surface area contributed by atoms with Crippen LogP contribution in [0, 0.1) is 0 Å². The second-order valence-corrected chi connectivity index (χ2v) is 7.62. The lowest BCUT2D eigenvalue weighted by Gasteiger charge is -2.17. The van der Waals surface area contributed by atoms with E-state index in [9.17, 15) is 5.11 Å². The number of aliphatic hydroxyl groups is 1. The average molecular weight is 345 g/mol. The maximum Gasteiger partial charge on any atom is 0.140 e. The van der Waals surface area contributed by atoms with Gasteiger partial charge >= 0.3 is 0 Å². The lowest BCUT2D eigenvalue weighted by molar-refractivity contribution is 0.133. The molecule has 0 spiro atoms. The van der Waals surface area contributed by atoms with Crippen molar-refractivity contribution in [1.29, 1.82) is 0 Å². The normalized spacial score (nSPS) is 19.8. The van der Waals surface area contributed by atoms with Gasteiger partial charge in [-0.25, -0.2) is 0 Å². The molecule has 0 saturated heterocycles. The van der Waals surface area contributed by atoms with Gasteiger partial charge in [-0.2, -0.15) is 5.10 Å². The van der Waals surface area contributed by atoms with Gasteiger partial charge in [-0.3, -0.25) is 9.58 Å². The first-order valence-electron chi connectivity index (χ1n) is 9.16. The van der Waals surface area contributed by atoms with Crippen LogP contribution in [0.25, 0.3) is 0 Å². The molecule has 0 bridgehead atoms. The van der Waals surface area contributed by atoms with Crippen LogP contribution in [0.15, 0.2) is 16.7 Å². The van der Waals surface area contributed by atoms with Crippen LogP contribution in [0.2, 0.25) is 0 Å². The third-order valence-corrected chi connectivity index (χ3v) is 4.93. The first-order chi connectivity index (χ1) is 12.1. The van der Waals surface area contributed by atoms with Crippen LogP contribution in [0.1, 0.15) is 54.1 Å². The number of hydrogen-bond acceptors (Lipinski definition) is 6.